The largest absolute Gasteiger partial charge is 0.455 e. The molecule has 4 heterocycles. The summed E-state index contributed by atoms with van der Waals surface area (Å²) in [5, 5.41) is 8.76. The molecule has 1 aliphatic heterocycles. The summed E-state index contributed by atoms with van der Waals surface area (Å²) in [5.41, 5.74) is 9.02. The molecule has 11 aromatic rings. The molecule has 0 radical (unpaired) electrons. The molecule has 0 unspecified atom stereocenters. The highest BCUT2D eigenvalue weighted by Crippen LogP contribution is 2.52. The van der Waals surface area contributed by atoms with Gasteiger partial charge in [0.1, 0.15) is 22.3 Å². The number of para-hydroxylation sites is 4. The van der Waals surface area contributed by atoms with Crippen LogP contribution in [0.5, 0.6) is 0 Å². The molecule has 0 N–H and O–H groups in total. The van der Waals surface area contributed by atoms with Crippen molar-refractivity contribution in [3.63, 3.8) is 0 Å². The third-order valence-electron chi connectivity index (χ3n) is 10.7. The van der Waals surface area contributed by atoms with Crippen LogP contribution >= 0.6 is 0 Å². The van der Waals surface area contributed by atoms with E-state index >= 15 is 0 Å². The summed E-state index contributed by atoms with van der Waals surface area (Å²) in [7, 11) is 0. The maximum Gasteiger partial charge on any atom is 0.238 e. The highest BCUT2D eigenvalue weighted by atomic mass is 16.3. The maximum atomic E-state index is 6.54. The summed E-state index contributed by atoms with van der Waals surface area (Å²) in [5.74, 6) is 1.53. The van der Waals surface area contributed by atoms with Gasteiger partial charge in [-0.1, -0.05) is 121 Å². The van der Waals surface area contributed by atoms with Crippen molar-refractivity contribution in [1.29, 1.82) is 0 Å². The fraction of sp³-hybridized carbons (Fsp3) is 0. The number of furan rings is 2. The molecule has 0 saturated heterocycles. The molecule has 0 atom stereocenters. The van der Waals surface area contributed by atoms with Crippen molar-refractivity contribution < 1.29 is 8.83 Å². The molecule has 3 aromatic heterocycles. The molecule has 6 nitrogen and oxygen atoms in total. The Labute approximate surface area is 302 Å². The Kier molecular flexibility index (Phi) is 5.68. The van der Waals surface area contributed by atoms with E-state index in [0.717, 1.165) is 82.7 Å². The summed E-state index contributed by atoms with van der Waals surface area (Å²) in [6, 6.07) is 54.5. The van der Waals surface area contributed by atoms with Gasteiger partial charge in [0.25, 0.3) is 0 Å². The van der Waals surface area contributed by atoms with Crippen LogP contribution in [0.1, 0.15) is 0 Å². The van der Waals surface area contributed by atoms with E-state index < -0.39 is 0 Å². The fourth-order valence-corrected chi connectivity index (χ4v) is 8.34. The molecule has 0 saturated carbocycles. The average molecular weight is 679 g/mol. The van der Waals surface area contributed by atoms with Crippen LogP contribution in [0.2, 0.25) is 0 Å². The first-order chi connectivity index (χ1) is 26.3. The molecule has 8 aromatic carbocycles. The molecule has 6 heteroatoms. The van der Waals surface area contributed by atoms with E-state index in [2.05, 4.69) is 102 Å². The highest BCUT2D eigenvalue weighted by Gasteiger charge is 2.30. The van der Waals surface area contributed by atoms with Gasteiger partial charge in [0, 0.05) is 32.5 Å². The molecule has 0 spiro atoms. The van der Waals surface area contributed by atoms with E-state index in [9.17, 15) is 0 Å². The van der Waals surface area contributed by atoms with Crippen LogP contribution in [-0.2, 0) is 0 Å². The van der Waals surface area contributed by atoms with E-state index in [4.69, 9.17) is 23.8 Å². The molecule has 1 aliphatic rings. The van der Waals surface area contributed by atoms with Gasteiger partial charge in [-0.15, -0.1) is 0 Å². The molecular weight excluding hydrogens is 653 g/mol. The summed E-state index contributed by atoms with van der Waals surface area (Å²) in [4.78, 5) is 18.1. The van der Waals surface area contributed by atoms with Crippen LogP contribution in [0.15, 0.2) is 167 Å². The van der Waals surface area contributed by atoms with Crippen LogP contribution < -0.4 is 4.90 Å². The number of anilines is 3. The van der Waals surface area contributed by atoms with Crippen molar-refractivity contribution in [2.75, 3.05) is 4.90 Å². The predicted octanol–water partition coefficient (Wildman–Crippen LogP) is 12.8. The maximum absolute atomic E-state index is 6.54. The third kappa shape index (κ3) is 4.00. The van der Waals surface area contributed by atoms with E-state index in [1.807, 2.05) is 60.7 Å². The zero-order valence-electron chi connectivity index (χ0n) is 28.1. The minimum Gasteiger partial charge on any atom is -0.455 e. The van der Waals surface area contributed by atoms with E-state index in [1.54, 1.807) is 0 Å². The Morgan fingerprint density at radius 3 is 1.58 bits per heavy atom. The van der Waals surface area contributed by atoms with Gasteiger partial charge >= 0.3 is 0 Å². The van der Waals surface area contributed by atoms with Gasteiger partial charge in [0.05, 0.1) is 22.5 Å². The van der Waals surface area contributed by atoms with Crippen molar-refractivity contribution >= 4 is 82.7 Å². The number of benzene rings is 8. The zero-order valence-corrected chi connectivity index (χ0v) is 28.1. The number of nitrogens with zero attached hydrogens (tertiary/aromatic N) is 4. The van der Waals surface area contributed by atoms with Gasteiger partial charge in [0.2, 0.25) is 5.95 Å². The second-order valence-electron chi connectivity index (χ2n) is 13.5. The molecule has 12 rings (SSSR count). The Hall–Kier alpha value is -7.31. The zero-order chi connectivity index (χ0) is 34.6. The molecular formula is C47H26N4O2. The van der Waals surface area contributed by atoms with Gasteiger partial charge in [0.15, 0.2) is 11.6 Å². The topological polar surface area (TPSA) is 68.2 Å². The van der Waals surface area contributed by atoms with Gasteiger partial charge in [-0.2, -0.15) is 9.97 Å². The molecule has 53 heavy (non-hydrogen) atoms. The first-order valence-corrected chi connectivity index (χ1v) is 17.7. The first-order valence-electron chi connectivity index (χ1n) is 17.7. The molecule has 0 aliphatic carbocycles. The number of aromatic nitrogens is 3. The summed E-state index contributed by atoms with van der Waals surface area (Å²) in [6.45, 7) is 0. The minimum absolute atomic E-state index is 0.504. The van der Waals surface area contributed by atoms with Crippen molar-refractivity contribution in [2.45, 2.75) is 0 Å². The normalized spacial score (nSPS) is 12.5. The van der Waals surface area contributed by atoms with E-state index in [0.29, 0.717) is 17.6 Å². The Balaban J connectivity index is 1.20. The molecule has 0 fully saturated rings. The summed E-state index contributed by atoms with van der Waals surface area (Å²) < 4.78 is 13.1. The highest BCUT2D eigenvalue weighted by molar-refractivity contribution is 6.19. The van der Waals surface area contributed by atoms with Crippen molar-refractivity contribution in [1.82, 2.24) is 15.0 Å². The fourth-order valence-electron chi connectivity index (χ4n) is 8.34. The molecule has 0 bridgehead atoms. The lowest BCUT2D eigenvalue weighted by molar-refractivity contribution is 0.669. The SMILES string of the molecule is c1ccc2c3c(ccc2c1)N(c1nc(-c2cccc4c2oc2ccccc24)nc(-c2cccc4c2oc2ccccc24)n1)c1cccc2cccc-3c12. The van der Waals surface area contributed by atoms with Crippen LogP contribution in [0.3, 0.4) is 0 Å². The summed E-state index contributed by atoms with van der Waals surface area (Å²) in [6.07, 6.45) is 0. The van der Waals surface area contributed by atoms with Crippen molar-refractivity contribution in [2.24, 2.45) is 0 Å². The molecule has 0 amide bonds. The number of hydrogen-bond donors (Lipinski definition) is 0. The quantitative estimate of drug-likeness (QED) is 0.185. The lowest BCUT2D eigenvalue weighted by Gasteiger charge is -2.32. The van der Waals surface area contributed by atoms with E-state index in [-0.39, 0.29) is 0 Å². The predicted molar refractivity (Wildman–Crippen MR) is 214 cm³/mol. The van der Waals surface area contributed by atoms with Crippen LogP contribution in [0.25, 0.3) is 99.3 Å². The van der Waals surface area contributed by atoms with Gasteiger partial charge < -0.3 is 8.83 Å². The first kappa shape index (κ1) is 28.4. The van der Waals surface area contributed by atoms with Crippen molar-refractivity contribution in [3.8, 4) is 33.9 Å². The Bertz CT molecular complexity index is 3180. The lowest BCUT2D eigenvalue weighted by atomic mass is 9.88. The Morgan fingerprint density at radius 2 is 0.906 bits per heavy atom. The van der Waals surface area contributed by atoms with E-state index in [1.165, 1.54) is 16.3 Å². The Morgan fingerprint density at radius 1 is 0.377 bits per heavy atom. The van der Waals surface area contributed by atoms with Crippen LogP contribution in [0, 0.1) is 0 Å². The minimum atomic E-state index is 0.504. The standard InChI is InChI=1S/C47H26N4O2/c1-2-14-29-27(11-1)25-26-38-42(29)34-19-7-12-28-13-8-22-37(41(28)34)51(38)47-49-45(35-20-9-17-32-30-15-3-5-23-39(30)52-43(32)35)48-46(50-47)36-21-10-18-33-31-16-4-6-24-40(31)53-44(33)36/h1-26H. The average Bonchev–Trinajstić information content (AvgIpc) is 3.79. The monoisotopic (exact) mass is 678 g/mol. The number of hydrogen-bond acceptors (Lipinski definition) is 6. The van der Waals surface area contributed by atoms with Crippen LogP contribution in [0.4, 0.5) is 17.3 Å². The lowest BCUT2D eigenvalue weighted by Crippen LogP contribution is -2.19. The number of rotatable bonds is 3. The van der Waals surface area contributed by atoms with Crippen molar-refractivity contribution in [3.05, 3.63) is 158 Å². The van der Waals surface area contributed by atoms with Gasteiger partial charge in [-0.3, -0.25) is 4.90 Å². The second-order valence-corrected chi connectivity index (χ2v) is 13.5. The summed E-state index contributed by atoms with van der Waals surface area (Å²) >= 11 is 0. The second kappa shape index (κ2) is 10.6. The van der Waals surface area contributed by atoms with Gasteiger partial charge in [-0.25, -0.2) is 4.98 Å². The van der Waals surface area contributed by atoms with Gasteiger partial charge in [-0.05, 0) is 58.1 Å². The smallest absolute Gasteiger partial charge is 0.238 e. The number of fused-ring (bicyclic) bond motifs is 10. The third-order valence-corrected chi connectivity index (χ3v) is 10.7. The van der Waals surface area contributed by atoms with Crippen LogP contribution in [-0.4, -0.2) is 15.0 Å². The molecule has 246 valence electrons.